The lowest BCUT2D eigenvalue weighted by molar-refractivity contribution is 0.204. The smallest absolute Gasteiger partial charge is 0.303 e. The van der Waals surface area contributed by atoms with Crippen molar-refractivity contribution in [1.29, 1.82) is 0 Å². The van der Waals surface area contributed by atoms with Gasteiger partial charge in [0.15, 0.2) is 0 Å². The maximum Gasteiger partial charge on any atom is 0.471 e. The van der Waals surface area contributed by atoms with Crippen molar-refractivity contribution < 1.29 is 18.5 Å². The van der Waals surface area contributed by atoms with Crippen molar-refractivity contribution in [1.82, 2.24) is 0 Å². The van der Waals surface area contributed by atoms with Gasteiger partial charge in [0, 0.05) is 14.2 Å². The minimum absolute atomic E-state index is 1.10. The Morgan fingerprint density at radius 2 is 1.60 bits per heavy atom. The summed E-state index contributed by atoms with van der Waals surface area (Å²) in [6.07, 6.45) is 0. The Hall–Kier alpha value is -0.370. The highest BCUT2D eigenvalue weighted by Crippen LogP contribution is 2.40. The molecule has 5 heteroatoms. The van der Waals surface area contributed by atoms with Crippen LogP contribution in [0.3, 0.4) is 0 Å². The van der Waals surface area contributed by atoms with Crippen molar-refractivity contribution in [3.63, 3.8) is 0 Å². The van der Waals surface area contributed by atoms with Crippen molar-refractivity contribution in [2.24, 2.45) is 0 Å². The fraction of sp³-hybridized carbons (Fsp3) is 0.400. The molecular weight excluding hydrogens is 155 g/mol. The Morgan fingerprint density at radius 1 is 1.40 bits per heavy atom. The highest BCUT2D eigenvalue weighted by Gasteiger charge is 2.13. The molecule has 0 saturated carbocycles. The minimum atomic E-state index is -3.65. The highest BCUT2D eigenvalue weighted by atomic mass is 31.2. The van der Waals surface area contributed by atoms with E-state index >= 15 is 0 Å². The van der Waals surface area contributed by atoms with Crippen molar-refractivity contribution in [2.45, 2.75) is 0 Å². The van der Waals surface area contributed by atoms with Crippen LogP contribution >= 0.6 is 7.82 Å². The molecule has 0 aliphatic heterocycles. The maximum atomic E-state index is 10.1. The summed E-state index contributed by atoms with van der Waals surface area (Å²) in [5.74, 6) is 0. The monoisotopic (exact) mass is 166 g/mol. The summed E-state index contributed by atoms with van der Waals surface area (Å²) in [4.78, 5) is 8.24. The van der Waals surface area contributed by atoms with E-state index in [-0.39, 0.29) is 0 Å². The second kappa shape index (κ2) is 6.75. The van der Waals surface area contributed by atoms with Gasteiger partial charge in [-0.25, -0.2) is 4.57 Å². The van der Waals surface area contributed by atoms with E-state index in [0.717, 1.165) is 14.2 Å². The molecule has 4 nitrogen and oxygen atoms in total. The van der Waals surface area contributed by atoms with Crippen LogP contribution in [0.25, 0.3) is 0 Å². The van der Waals surface area contributed by atoms with Gasteiger partial charge in [-0.3, -0.25) is 9.05 Å². The zero-order valence-corrected chi connectivity index (χ0v) is 6.93. The van der Waals surface area contributed by atoms with Crippen LogP contribution in [0, 0.1) is 0 Å². The molecule has 0 fully saturated rings. The number of hydrogen-bond acceptors (Lipinski definition) is 3. The Labute approximate surface area is 60.4 Å². The van der Waals surface area contributed by atoms with Gasteiger partial charge in [0.1, 0.15) is 0 Å². The fourth-order valence-electron chi connectivity index (χ4n) is 0.0745. The highest BCUT2D eigenvalue weighted by molar-refractivity contribution is 7.47. The predicted octanol–water partition coefficient (Wildman–Crippen LogP) is 1.34. The first kappa shape index (κ1) is 12.3. The van der Waals surface area contributed by atoms with Gasteiger partial charge in [0.2, 0.25) is 0 Å². The molecule has 0 amide bonds. The van der Waals surface area contributed by atoms with E-state index in [1.54, 1.807) is 0 Å². The molecule has 0 bridgehead atoms. The van der Waals surface area contributed by atoms with Gasteiger partial charge >= 0.3 is 7.82 Å². The topological polar surface area (TPSA) is 55.8 Å². The van der Waals surface area contributed by atoms with Crippen LogP contribution in [0.4, 0.5) is 0 Å². The van der Waals surface area contributed by atoms with Gasteiger partial charge in [-0.1, -0.05) is 13.2 Å². The molecule has 0 atom stereocenters. The molecule has 0 aromatic carbocycles. The van der Waals surface area contributed by atoms with Crippen LogP contribution in [-0.4, -0.2) is 19.1 Å². The third kappa shape index (κ3) is 10.6. The summed E-state index contributed by atoms with van der Waals surface area (Å²) in [6.45, 7) is 6.25. The molecular formula is C5H11O4P. The standard InChI is InChI=1S/C3H4.C2H7O4P/c1-3-2;1-5-7(3,4)6-2/h1-2H2;1-2H3,(H,3,4). The van der Waals surface area contributed by atoms with Crippen LogP contribution in [0.1, 0.15) is 0 Å². The normalized spacial score (nSPS) is 9.10. The summed E-state index contributed by atoms with van der Waals surface area (Å²) in [6, 6.07) is 0. The number of rotatable bonds is 2. The molecule has 0 spiro atoms. The van der Waals surface area contributed by atoms with E-state index in [1.165, 1.54) is 0 Å². The molecule has 0 aromatic rings. The van der Waals surface area contributed by atoms with Crippen molar-refractivity contribution in [3.05, 3.63) is 18.9 Å². The van der Waals surface area contributed by atoms with E-state index in [2.05, 4.69) is 27.9 Å². The van der Waals surface area contributed by atoms with Gasteiger partial charge in [-0.15, -0.1) is 5.73 Å². The largest absolute Gasteiger partial charge is 0.471 e. The molecule has 60 valence electrons. The van der Waals surface area contributed by atoms with Crippen molar-refractivity contribution >= 4 is 7.82 Å². The second-order valence-electron chi connectivity index (χ2n) is 1.08. The lowest BCUT2D eigenvalue weighted by Crippen LogP contribution is -1.83. The van der Waals surface area contributed by atoms with Crippen LogP contribution < -0.4 is 0 Å². The third-order valence-corrected chi connectivity index (χ3v) is 1.38. The maximum absolute atomic E-state index is 10.1. The summed E-state index contributed by atoms with van der Waals surface area (Å²) < 4.78 is 18.0. The van der Waals surface area contributed by atoms with Gasteiger partial charge in [-0.2, -0.15) is 0 Å². The first-order chi connectivity index (χ1) is 4.54. The quantitative estimate of drug-likeness (QED) is 0.496. The van der Waals surface area contributed by atoms with E-state index in [1.807, 2.05) is 0 Å². The van der Waals surface area contributed by atoms with Crippen molar-refractivity contribution in [3.8, 4) is 0 Å². The molecule has 0 aromatic heterocycles. The molecule has 0 rings (SSSR count). The average Bonchev–Trinajstić information content (AvgIpc) is 1.90. The van der Waals surface area contributed by atoms with Gasteiger partial charge in [0.25, 0.3) is 0 Å². The molecule has 0 radical (unpaired) electrons. The Kier molecular flexibility index (Phi) is 8.31. The summed E-state index contributed by atoms with van der Waals surface area (Å²) in [5, 5.41) is 0. The molecule has 0 aliphatic rings. The summed E-state index contributed by atoms with van der Waals surface area (Å²) >= 11 is 0. The van der Waals surface area contributed by atoms with Crippen LogP contribution in [-0.2, 0) is 13.6 Å². The third-order valence-electron chi connectivity index (χ3n) is 0.461. The fourth-order valence-corrected chi connectivity index (χ4v) is 0.224. The van der Waals surface area contributed by atoms with E-state index in [9.17, 15) is 4.57 Å². The molecule has 10 heavy (non-hydrogen) atoms. The van der Waals surface area contributed by atoms with Gasteiger partial charge < -0.3 is 4.89 Å². The Morgan fingerprint density at radius 3 is 1.60 bits per heavy atom. The first-order valence-electron chi connectivity index (χ1n) is 2.27. The van der Waals surface area contributed by atoms with Crippen LogP contribution in [0.15, 0.2) is 18.9 Å². The van der Waals surface area contributed by atoms with E-state index in [0.29, 0.717) is 0 Å². The van der Waals surface area contributed by atoms with Crippen molar-refractivity contribution in [2.75, 3.05) is 14.2 Å². The second-order valence-corrected chi connectivity index (χ2v) is 2.75. The summed E-state index contributed by atoms with van der Waals surface area (Å²) in [5.41, 5.74) is 2.25. The SMILES string of the molecule is C=C=C.COP(=O)(O)OC. The average molecular weight is 166 g/mol. The zero-order chi connectivity index (χ0) is 8.62. The molecule has 1 N–H and O–H groups in total. The molecule has 0 unspecified atom stereocenters. The molecule has 0 saturated heterocycles. The minimum Gasteiger partial charge on any atom is -0.303 e. The predicted molar refractivity (Wildman–Crippen MR) is 38.6 cm³/mol. The van der Waals surface area contributed by atoms with E-state index in [4.69, 9.17) is 4.89 Å². The summed E-state index contributed by atoms with van der Waals surface area (Å²) in [7, 11) is -1.45. The number of phosphoric ester groups is 1. The van der Waals surface area contributed by atoms with Crippen LogP contribution in [0.5, 0.6) is 0 Å². The van der Waals surface area contributed by atoms with E-state index < -0.39 is 7.82 Å². The van der Waals surface area contributed by atoms with Gasteiger partial charge in [0.05, 0.1) is 0 Å². The molecule has 0 aliphatic carbocycles. The van der Waals surface area contributed by atoms with Gasteiger partial charge in [-0.05, 0) is 0 Å². The first-order valence-corrected chi connectivity index (χ1v) is 3.77. The van der Waals surface area contributed by atoms with Crippen LogP contribution in [0.2, 0.25) is 0 Å². The zero-order valence-electron chi connectivity index (χ0n) is 6.03. The Balaban J connectivity index is 0. The lowest BCUT2D eigenvalue weighted by Gasteiger charge is -2.01. The lowest BCUT2D eigenvalue weighted by atomic mass is 11.0. The Bertz CT molecular complexity index is 140. The molecule has 0 heterocycles. The number of hydrogen-bond donors (Lipinski definition) is 1. The number of phosphoric acid groups is 1.